The average Bonchev–Trinajstić information content (AvgIpc) is 3.27. The number of nitrogens with one attached hydrogen (secondary N) is 1. The van der Waals surface area contributed by atoms with Crippen LogP contribution in [0.15, 0.2) is 51.7 Å². The van der Waals surface area contributed by atoms with Crippen LogP contribution in [0.1, 0.15) is 49.9 Å². The molecule has 1 atom stereocenters. The number of carbonyl (C=O) groups excluding carboxylic acids is 1. The number of benzene rings is 1. The number of hydrogen-bond donors (Lipinski definition) is 1. The van der Waals surface area contributed by atoms with Crippen LogP contribution in [-0.4, -0.2) is 20.1 Å². The average molecular weight is 406 g/mol. The van der Waals surface area contributed by atoms with Crippen LogP contribution in [0, 0.1) is 6.92 Å². The Morgan fingerprint density at radius 2 is 1.97 bits per heavy atom. The molecule has 0 unspecified atom stereocenters. The van der Waals surface area contributed by atoms with Crippen molar-refractivity contribution in [2.24, 2.45) is 0 Å². The molecule has 0 spiro atoms. The molecule has 0 radical (unpaired) electrons. The van der Waals surface area contributed by atoms with Crippen molar-refractivity contribution in [1.29, 1.82) is 0 Å². The Bertz CT molecular complexity index is 1250. The highest BCUT2D eigenvalue weighted by molar-refractivity contribution is 5.83. The molecular weight excluding hydrogens is 380 g/mol. The van der Waals surface area contributed by atoms with Crippen molar-refractivity contribution in [3.8, 4) is 0 Å². The third-order valence-corrected chi connectivity index (χ3v) is 5.33. The normalized spacial score (nSPS) is 12.5. The first-order chi connectivity index (χ1) is 14.5. The summed E-state index contributed by atoms with van der Waals surface area (Å²) in [7, 11) is 0. The van der Waals surface area contributed by atoms with Gasteiger partial charge in [0, 0.05) is 31.5 Å². The van der Waals surface area contributed by atoms with E-state index < -0.39 is 0 Å². The van der Waals surface area contributed by atoms with E-state index in [-0.39, 0.29) is 17.5 Å². The van der Waals surface area contributed by atoms with Gasteiger partial charge in [-0.05, 0) is 25.8 Å². The topological polar surface area (TPSA) is 81.5 Å². The zero-order valence-electron chi connectivity index (χ0n) is 17.5. The largest absolute Gasteiger partial charge is 0.460 e. The van der Waals surface area contributed by atoms with Crippen LogP contribution in [0.25, 0.3) is 16.6 Å². The Balaban J connectivity index is 1.47. The predicted molar refractivity (Wildman–Crippen MR) is 116 cm³/mol. The Labute approximate surface area is 174 Å². The van der Waals surface area contributed by atoms with Gasteiger partial charge in [-0.2, -0.15) is 5.10 Å². The fourth-order valence-corrected chi connectivity index (χ4v) is 3.82. The zero-order chi connectivity index (χ0) is 21.3. The van der Waals surface area contributed by atoms with Gasteiger partial charge >= 0.3 is 0 Å². The van der Waals surface area contributed by atoms with Crippen molar-refractivity contribution in [2.45, 2.75) is 52.6 Å². The third-order valence-electron chi connectivity index (χ3n) is 5.33. The van der Waals surface area contributed by atoms with Crippen molar-refractivity contribution in [3.63, 3.8) is 0 Å². The summed E-state index contributed by atoms with van der Waals surface area (Å²) in [6, 6.07) is 13.5. The molecule has 4 rings (SSSR count). The lowest BCUT2D eigenvalue weighted by atomic mass is 10.1. The maximum Gasteiger partial charge on any atom is 0.291 e. The molecular formula is C23H26N4O3. The van der Waals surface area contributed by atoms with Gasteiger partial charge in [0.1, 0.15) is 17.1 Å². The Morgan fingerprint density at radius 1 is 1.20 bits per heavy atom. The van der Waals surface area contributed by atoms with Crippen molar-refractivity contribution in [3.05, 3.63) is 70.0 Å². The molecule has 4 aromatic rings. The molecule has 7 heteroatoms. The number of furan rings is 1. The van der Waals surface area contributed by atoms with Gasteiger partial charge in [-0.25, -0.2) is 4.68 Å². The third kappa shape index (κ3) is 3.75. The summed E-state index contributed by atoms with van der Waals surface area (Å²) in [6.45, 7) is 6.25. The summed E-state index contributed by atoms with van der Waals surface area (Å²) < 4.78 is 9.02. The molecule has 0 aliphatic rings. The second-order valence-corrected chi connectivity index (χ2v) is 7.57. The summed E-state index contributed by atoms with van der Waals surface area (Å²) in [5.41, 5.74) is 3.00. The fraction of sp³-hybridized carbons (Fsp3) is 0.348. The maximum absolute atomic E-state index is 12.9. The van der Waals surface area contributed by atoms with Crippen LogP contribution < -0.4 is 10.9 Å². The first-order valence-electron chi connectivity index (χ1n) is 10.3. The van der Waals surface area contributed by atoms with E-state index in [1.807, 2.05) is 61.6 Å². The first kappa shape index (κ1) is 19.9. The van der Waals surface area contributed by atoms with E-state index in [1.54, 1.807) is 6.07 Å². The minimum Gasteiger partial charge on any atom is -0.460 e. The van der Waals surface area contributed by atoms with Crippen LogP contribution in [0.5, 0.6) is 0 Å². The lowest BCUT2D eigenvalue weighted by Gasteiger charge is -2.14. The molecule has 0 saturated carbocycles. The number of carbonyl (C=O) groups is 1. The summed E-state index contributed by atoms with van der Waals surface area (Å²) in [5.74, 6) is 1.56. The standard InChI is InChI=1S/C23H26N4O3/c1-4-21-25-26(23(29)19-14-20-18(27(19)21)13-15(2)30-20)12-8-11-22(28)24-16(3)17-9-6-5-7-10-17/h5-7,9-10,13-14,16H,4,8,11-12H2,1-3H3,(H,24,28)/t16-/m1/s1. The Hall–Kier alpha value is -3.35. The molecule has 156 valence electrons. The molecule has 30 heavy (non-hydrogen) atoms. The second-order valence-electron chi connectivity index (χ2n) is 7.57. The zero-order valence-corrected chi connectivity index (χ0v) is 17.5. The molecule has 3 aromatic heterocycles. The number of amides is 1. The van der Waals surface area contributed by atoms with Crippen molar-refractivity contribution in [1.82, 2.24) is 19.5 Å². The van der Waals surface area contributed by atoms with Crippen molar-refractivity contribution < 1.29 is 9.21 Å². The van der Waals surface area contributed by atoms with Gasteiger partial charge in [-0.3, -0.25) is 14.0 Å². The maximum atomic E-state index is 12.9. The van der Waals surface area contributed by atoms with E-state index in [2.05, 4.69) is 10.4 Å². The smallest absolute Gasteiger partial charge is 0.291 e. The van der Waals surface area contributed by atoms with Crippen LogP contribution in [0.2, 0.25) is 0 Å². The van der Waals surface area contributed by atoms with Crippen LogP contribution in [0.4, 0.5) is 0 Å². The van der Waals surface area contributed by atoms with E-state index in [9.17, 15) is 9.59 Å². The molecule has 1 aromatic carbocycles. The van der Waals surface area contributed by atoms with Gasteiger partial charge in [-0.1, -0.05) is 37.3 Å². The van der Waals surface area contributed by atoms with E-state index in [1.165, 1.54) is 4.68 Å². The summed E-state index contributed by atoms with van der Waals surface area (Å²) in [4.78, 5) is 25.2. The second kappa shape index (κ2) is 8.18. The lowest BCUT2D eigenvalue weighted by Crippen LogP contribution is -2.29. The molecule has 7 nitrogen and oxygen atoms in total. The van der Waals surface area contributed by atoms with Crippen LogP contribution >= 0.6 is 0 Å². The van der Waals surface area contributed by atoms with Crippen molar-refractivity contribution in [2.75, 3.05) is 0 Å². The highest BCUT2D eigenvalue weighted by atomic mass is 16.3. The highest BCUT2D eigenvalue weighted by Crippen LogP contribution is 2.23. The number of rotatable bonds is 7. The first-order valence-corrected chi connectivity index (χ1v) is 10.3. The summed E-state index contributed by atoms with van der Waals surface area (Å²) in [5, 5.41) is 7.56. The number of aryl methyl sites for hydroxylation is 3. The molecule has 0 bridgehead atoms. The molecule has 0 fully saturated rings. The molecule has 1 N–H and O–H groups in total. The van der Waals surface area contributed by atoms with Crippen LogP contribution in [-0.2, 0) is 17.8 Å². The lowest BCUT2D eigenvalue weighted by molar-refractivity contribution is -0.121. The van der Waals surface area contributed by atoms with E-state index in [4.69, 9.17) is 4.42 Å². The SMILES string of the molecule is CCc1nn(CCCC(=O)N[C@H](C)c2ccccc2)c(=O)c2cc3oc(C)cc3n12. The van der Waals surface area contributed by atoms with Gasteiger partial charge in [-0.15, -0.1) is 0 Å². The molecule has 0 aliphatic carbocycles. The van der Waals surface area contributed by atoms with Gasteiger partial charge in [0.15, 0.2) is 5.58 Å². The molecule has 0 aliphatic heterocycles. The Kier molecular flexibility index (Phi) is 5.44. The summed E-state index contributed by atoms with van der Waals surface area (Å²) >= 11 is 0. The predicted octanol–water partition coefficient (Wildman–Crippen LogP) is 3.77. The number of hydrogen-bond acceptors (Lipinski definition) is 4. The molecule has 0 saturated heterocycles. The van der Waals surface area contributed by atoms with Crippen molar-refractivity contribution >= 4 is 22.5 Å². The quantitative estimate of drug-likeness (QED) is 0.507. The van der Waals surface area contributed by atoms with Gasteiger partial charge in [0.2, 0.25) is 5.91 Å². The van der Waals surface area contributed by atoms with E-state index in [0.717, 1.165) is 22.7 Å². The fourth-order valence-electron chi connectivity index (χ4n) is 3.82. The van der Waals surface area contributed by atoms with E-state index >= 15 is 0 Å². The van der Waals surface area contributed by atoms with E-state index in [0.29, 0.717) is 36.9 Å². The molecule has 3 heterocycles. The minimum absolute atomic E-state index is 0.0353. The number of aromatic nitrogens is 3. The molecule has 1 amide bonds. The van der Waals surface area contributed by atoms with Crippen LogP contribution in [0.3, 0.4) is 0 Å². The number of fused-ring (bicyclic) bond motifs is 3. The highest BCUT2D eigenvalue weighted by Gasteiger charge is 2.16. The minimum atomic E-state index is -0.172. The summed E-state index contributed by atoms with van der Waals surface area (Å²) in [6.07, 6.45) is 1.55. The Morgan fingerprint density at radius 3 is 2.70 bits per heavy atom. The van der Waals surface area contributed by atoms with Gasteiger partial charge in [0.25, 0.3) is 5.56 Å². The monoisotopic (exact) mass is 406 g/mol. The number of nitrogens with zero attached hydrogens (tertiary/aromatic N) is 3. The van der Waals surface area contributed by atoms with Gasteiger partial charge < -0.3 is 9.73 Å². The van der Waals surface area contributed by atoms with Gasteiger partial charge in [0.05, 0.1) is 11.6 Å².